The molecule has 0 saturated heterocycles. The van der Waals surface area contributed by atoms with Gasteiger partial charge in [-0.15, -0.1) is 0 Å². The monoisotopic (exact) mass is 462 g/mol. The Morgan fingerprint density at radius 3 is 2.39 bits per heavy atom. The molecule has 33 heavy (non-hydrogen) atoms. The number of fused-ring (bicyclic) bond motifs is 5. The van der Waals surface area contributed by atoms with Gasteiger partial charge in [0.15, 0.2) is 5.78 Å². The number of ketones is 1. The lowest BCUT2D eigenvalue weighted by Gasteiger charge is -2.59. The molecule has 3 nitrogen and oxygen atoms in total. The van der Waals surface area contributed by atoms with E-state index in [4.69, 9.17) is 0 Å². The molecule has 3 fully saturated rings. The summed E-state index contributed by atoms with van der Waals surface area (Å²) in [4.78, 5) is 12.1. The number of allylic oxidation sites excluding steroid dienone is 1. The predicted octanol–water partition coefficient (Wildman–Crippen LogP) is 6.12. The SMILES string of the molecule is CC[C@@H](C(C)C)[C@H](O)[C@@H](O)C(C)[C@H]1CCC2C3C[C@H](F)C4=CC(=O)CC[C@]4(C)C3CC[C@@]21C. The van der Waals surface area contributed by atoms with Crippen molar-refractivity contribution in [3.63, 3.8) is 0 Å². The number of alkyl halides is 1. The highest BCUT2D eigenvalue weighted by Crippen LogP contribution is 2.68. The van der Waals surface area contributed by atoms with Crippen LogP contribution in [0.25, 0.3) is 0 Å². The van der Waals surface area contributed by atoms with E-state index >= 15 is 4.39 Å². The molecule has 3 saturated carbocycles. The summed E-state index contributed by atoms with van der Waals surface area (Å²) in [5.74, 6) is 2.20. The van der Waals surface area contributed by atoms with Gasteiger partial charge in [0.2, 0.25) is 0 Å². The minimum Gasteiger partial charge on any atom is -0.390 e. The average Bonchev–Trinajstić information content (AvgIpc) is 3.11. The molecule has 4 aliphatic carbocycles. The predicted molar refractivity (Wildman–Crippen MR) is 130 cm³/mol. The standard InChI is InChI=1S/C29H47FO3/c1-7-19(16(2)3)27(33)26(32)17(4)21-8-9-22-20-15-25(30)24-14-18(31)10-12-29(24,6)23(20)11-13-28(21,22)5/h14,16-17,19-23,25-27,32-33H,7-13,15H2,1-6H3/t17?,19-,20?,21+,22?,23?,25-,26-,27-,28+,29+/m0/s1. The van der Waals surface area contributed by atoms with Gasteiger partial charge < -0.3 is 10.2 Å². The maximum atomic E-state index is 15.5. The Morgan fingerprint density at radius 1 is 1.06 bits per heavy atom. The van der Waals surface area contributed by atoms with Gasteiger partial charge in [-0.2, -0.15) is 0 Å². The van der Waals surface area contributed by atoms with Gasteiger partial charge in [0.05, 0.1) is 12.2 Å². The molecule has 2 N–H and O–H groups in total. The van der Waals surface area contributed by atoms with Gasteiger partial charge in [-0.1, -0.05) is 48.0 Å². The number of aliphatic hydroxyl groups excluding tert-OH is 2. The first kappa shape index (κ1) is 25.4. The lowest BCUT2D eigenvalue weighted by Crippen LogP contribution is -2.54. The van der Waals surface area contributed by atoms with Crippen molar-refractivity contribution >= 4 is 5.78 Å². The van der Waals surface area contributed by atoms with Crippen LogP contribution in [-0.4, -0.2) is 34.4 Å². The van der Waals surface area contributed by atoms with Crippen molar-refractivity contribution < 1.29 is 19.4 Å². The minimum absolute atomic E-state index is 0.0301. The van der Waals surface area contributed by atoms with Crippen molar-refractivity contribution in [3.8, 4) is 0 Å². The van der Waals surface area contributed by atoms with Crippen LogP contribution in [0.3, 0.4) is 0 Å². The fraction of sp³-hybridized carbons (Fsp3) is 0.897. The van der Waals surface area contributed by atoms with Crippen LogP contribution >= 0.6 is 0 Å². The Kier molecular flexibility index (Phi) is 6.95. The van der Waals surface area contributed by atoms with E-state index in [-0.39, 0.29) is 28.4 Å². The molecule has 0 spiro atoms. The zero-order valence-corrected chi connectivity index (χ0v) is 21.7. The number of aliphatic hydroxyl groups is 2. The Balaban J connectivity index is 1.56. The molecule has 188 valence electrons. The van der Waals surface area contributed by atoms with E-state index in [0.29, 0.717) is 42.4 Å². The van der Waals surface area contributed by atoms with Crippen LogP contribution in [0, 0.1) is 52.3 Å². The second-order valence-corrected chi connectivity index (χ2v) is 12.9. The van der Waals surface area contributed by atoms with Crippen molar-refractivity contribution in [2.45, 2.75) is 111 Å². The highest BCUT2D eigenvalue weighted by molar-refractivity contribution is 5.91. The molecular weight excluding hydrogens is 415 g/mol. The Labute approximate surface area is 200 Å². The van der Waals surface area contributed by atoms with Crippen LogP contribution in [0.15, 0.2) is 11.6 Å². The van der Waals surface area contributed by atoms with Crippen LogP contribution < -0.4 is 0 Å². The minimum atomic E-state index is -0.997. The highest BCUT2D eigenvalue weighted by atomic mass is 19.1. The van der Waals surface area contributed by atoms with Gasteiger partial charge in [-0.3, -0.25) is 4.79 Å². The molecule has 0 bridgehead atoms. The fourth-order valence-corrected chi connectivity index (χ4v) is 9.37. The summed E-state index contributed by atoms with van der Waals surface area (Å²) in [5.41, 5.74) is 0.690. The number of carbonyl (C=O) groups is 1. The van der Waals surface area contributed by atoms with E-state index < -0.39 is 18.4 Å². The molecule has 11 atom stereocenters. The van der Waals surface area contributed by atoms with Crippen LogP contribution in [0.4, 0.5) is 4.39 Å². The highest BCUT2D eigenvalue weighted by Gasteiger charge is 2.61. The molecular formula is C29H47FO3. The van der Waals surface area contributed by atoms with Crippen LogP contribution in [0.5, 0.6) is 0 Å². The Morgan fingerprint density at radius 2 is 1.76 bits per heavy atom. The number of halogens is 1. The number of hydrogen-bond acceptors (Lipinski definition) is 3. The van der Waals surface area contributed by atoms with Gasteiger partial charge in [-0.05, 0) is 102 Å². The quantitative estimate of drug-likeness (QED) is 0.500. The lowest BCUT2D eigenvalue weighted by molar-refractivity contribution is -0.120. The summed E-state index contributed by atoms with van der Waals surface area (Å²) >= 11 is 0. The smallest absolute Gasteiger partial charge is 0.155 e. The number of rotatable bonds is 6. The zero-order chi connectivity index (χ0) is 24.3. The van der Waals surface area contributed by atoms with Crippen molar-refractivity contribution in [2.75, 3.05) is 0 Å². The van der Waals surface area contributed by atoms with Crippen LogP contribution in [0.1, 0.15) is 92.9 Å². The topological polar surface area (TPSA) is 57.5 Å². The Bertz CT molecular complexity index is 777. The van der Waals surface area contributed by atoms with Gasteiger partial charge in [0.25, 0.3) is 0 Å². The van der Waals surface area contributed by atoms with E-state index in [1.54, 1.807) is 6.08 Å². The summed E-state index contributed by atoms with van der Waals surface area (Å²) in [6.45, 7) is 13.1. The molecule has 4 heteroatoms. The maximum absolute atomic E-state index is 15.5. The first-order chi connectivity index (χ1) is 15.5. The summed E-state index contributed by atoms with van der Waals surface area (Å²) in [5, 5.41) is 22.3. The fourth-order valence-electron chi connectivity index (χ4n) is 9.37. The zero-order valence-electron chi connectivity index (χ0n) is 21.7. The molecule has 0 aromatic heterocycles. The van der Waals surface area contributed by atoms with E-state index in [1.807, 2.05) is 0 Å². The third kappa shape index (κ3) is 3.96. The number of hydrogen-bond donors (Lipinski definition) is 2. The first-order valence-electron chi connectivity index (χ1n) is 13.7. The second-order valence-electron chi connectivity index (χ2n) is 12.9. The van der Waals surface area contributed by atoms with Crippen molar-refractivity contribution in [2.24, 2.45) is 52.3 Å². The summed E-state index contributed by atoms with van der Waals surface area (Å²) in [6, 6.07) is 0. The maximum Gasteiger partial charge on any atom is 0.155 e. The molecule has 0 heterocycles. The van der Waals surface area contributed by atoms with E-state index in [2.05, 4.69) is 41.5 Å². The first-order valence-corrected chi connectivity index (χ1v) is 13.7. The summed E-state index contributed by atoms with van der Waals surface area (Å²) < 4.78 is 15.5. The summed E-state index contributed by atoms with van der Waals surface area (Å²) in [7, 11) is 0. The van der Waals surface area contributed by atoms with Crippen molar-refractivity contribution in [1.29, 1.82) is 0 Å². The van der Waals surface area contributed by atoms with E-state index in [9.17, 15) is 15.0 Å². The van der Waals surface area contributed by atoms with Gasteiger partial charge in [-0.25, -0.2) is 4.39 Å². The van der Waals surface area contributed by atoms with Gasteiger partial charge >= 0.3 is 0 Å². The van der Waals surface area contributed by atoms with Crippen LogP contribution in [0.2, 0.25) is 0 Å². The Hall–Kier alpha value is -0.740. The second kappa shape index (κ2) is 9.04. The molecule has 4 rings (SSSR count). The van der Waals surface area contributed by atoms with E-state index in [0.717, 1.165) is 44.1 Å². The molecule has 0 aromatic carbocycles. The molecule has 0 amide bonds. The van der Waals surface area contributed by atoms with Gasteiger partial charge in [0, 0.05) is 6.42 Å². The molecule has 0 aliphatic heterocycles. The largest absolute Gasteiger partial charge is 0.390 e. The third-order valence-electron chi connectivity index (χ3n) is 11.3. The summed E-state index contributed by atoms with van der Waals surface area (Å²) in [6.07, 6.45) is 6.34. The molecule has 0 aromatic rings. The average molecular weight is 463 g/mol. The third-order valence-corrected chi connectivity index (χ3v) is 11.3. The normalized spacial score (nSPS) is 44.4. The van der Waals surface area contributed by atoms with Crippen molar-refractivity contribution in [1.82, 2.24) is 0 Å². The molecule has 4 unspecified atom stereocenters. The van der Waals surface area contributed by atoms with Gasteiger partial charge in [0.1, 0.15) is 6.17 Å². The van der Waals surface area contributed by atoms with Crippen LogP contribution in [-0.2, 0) is 4.79 Å². The van der Waals surface area contributed by atoms with E-state index in [1.165, 1.54) is 0 Å². The lowest BCUT2D eigenvalue weighted by atomic mass is 9.46. The number of carbonyl (C=O) groups excluding carboxylic acids is 1. The molecule has 0 radical (unpaired) electrons. The van der Waals surface area contributed by atoms with Crippen molar-refractivity contribution in [3.05, 3.63) is 11.6 Å². The molecule has 4 aliphatic rings.